The first kappa shape index (κ1) is 19.8. The van der Waals surface area contributed by atoms with Gasteiger partial charge in [-0.05, 0) is 37.3 Å². The Kier molecular flexibility index (Phi) is 5.58. The number of fused-ring (bicyclic) bond motifs is 1. The number of nitrogens with zero attached hydrogens (tertiary/aromatic N) is 1. The van der Waals surface area contributed by atoms with E-state index in [1.54, 1.807) is 0 Å². The smallest absolute Gasteiger partial charge is 0.430 e. The second-order valence-corrected chi connectivity index (χ2v) is 7.18. The highest BCUT2D eigenvalue weighted by Gasteiger charge is 2.49. The average Bonchev–Trinajstić information content (AvgIpc) is 3.42. The number of ether oxygens (including phenoxy) is 1. The fourth-order valence-corrected chi connectivity index (χ4v) is 3.41. The maximum Gasteiger partial charge on any atom is 0.430 e. The predicted molar refractivity (Wildman–Crippen MR) is 95.4 cm³/mol. The van der Waals surface area contributed by atoms with Crippen LogP contribution in [0.3, 0.4) is 0 Å². The first-order chi connectivity index (χ1) is 12.7. The number of benzene rings is 1. The highest BCUT2D eigenvalue weighted by molar-refractivity contribution is 6.33. The summed E-state index contributed by atoms with van der Waals surface area (Å²) in [5, 5.41) is 0.383. The third-order valence-corrected chi connectivity index (χ3v) is 4.87. The number of hydrogen-bond donors (Lipinski definition) is 1. The van der Waals surface area contributed by atoms with Gasteiger partial charge in [0.25, 0.3) is 0 Å². The zero-order chi connectivity index (χ0) is 19.8. The largest absolute Gasteiger partial charge is 0.475 e. The Labute approximate surface area is 159 Å². The molecule has 27 heavy (non-hydrogen) atoms. The van der Waals surface area contributed by atoms with E-state index in [1.807, 2.05) is 6.92 Å². The average molecular weight is 405 g/mol. The summed E-state index contributed by atoms with van der Waals surface area (Å²) in [6, 6.07) is 3.01. The van der Waals surface area contributed by atoms with Crippen molar-refractivity contribution >= 4 is 29.3 Å². The van der Waals surface area contributed by atoms with Crippen LogP contribution in [0.1, 0.15) is 31.7 Å². The summed E-state index contributed by atoms with van der Waals surface area (Å²) in [5.41, 5.74) is 0.181. The first-order valence-electron chi connectivity index (χ1n) is 8.69. The van der Waals surface area contributed by atoms with Crippen molar-refractivity contribution in [3.63, 3.8) is 0 Å². The van der Waals surface area contributed by atoms with E-state index in [0.29, 0.717) is 16.6 Å². The predicted octanol–water partition coefficient (Wildman–Crippen LogP) is 4.09. The van der Waals surface area contributed by atoms with Crippen molar-refractivity contribution in [2.75, 3.05) is 18.0 Å². The number of anilines is 1. The first-order valence-corrected chi connectivity index (χ1v) is 9.06. The Morgan fingerprint density at radius 1 is 1.41 bits per heavy atom. The van der Waals surface area contributed by atoms with Gasteiger partial charge in [-0.3, -0.25) is 0 Å². The zero-order valence-corrected chi connectivity index (χ0v) is 15.4. The number of carbonyl (C=O) groups excluding carboxylic acids is 1. The fourth-order valence-electron chi connectivity index (χ4n) is 3.12. The molecular formula is C18H20ClF3N2O3. The maximum absolute atomic E-state index is 13.4. The molecule has 2 aliphatic rings. The number of nitrogens with two attached hydrogens (primary N) is 1. The van der Waals surface area contributed by atoms with E-state index in [4.69, 9.17) is 22.2 Å². The SMILES string of the molecule is CCCN(CC1CC1)c1cc2c(cc1Cl)C=C(C(=O)ON)C(C(F)(F)F)O2. The second kappa shape index (κ2) is 7.59. The van der Waals surface area contributed by atoms with Crippen LogP contribution in [-0.2, 0) is 9.63 Å². The zero-order valence-electron chi connectivity index (χ0n) is 14.7. The summed E-state index contributed by atoms with van der Waals surface area (Å²) in [6.45, 7) is 3.56. The highest BCUT2D eigenvalue weighted by Crippen LogP contribution is 2.42. The van der Waals surface area contributed by atoms with E-state index >= 15 is 0 Å². The Bertz CT molecular complexity index is 763. The molecule has 0 radical (unpaired) electrons. The normalized spacial score (nSPS) is 19.0. The van der Waals surface area contributed by atoms with Crippen LogP contribution in [-0.4, -0.2) is 31.3 Å². The molecule has 9 heteroatoms. The summed E-state index contributed by atoms with van der Waals surface area (Å²) in [7, 11) is 0. The van der Waals surface area contributed by atoms with E-state index in [1.165, 1.54) is 12.1 Å². The monoisotopic (exact) mass is 404 g/mol. The van der Waals surface area contributed by atoms with Crippen LogP contribution in [0.15, 0.2) is 17.7 Å². The molecular weight excluding hydrogens is 385 g/mol. The van der Waals surface area contributed by atoms with Gasteiger partial charge in [0.2, 0.25) is 6.10 Å². The van der Waals surface area contributed by atoms with Gasteiger partial charge in [-0.25, -0.2) is 4.79 Å². The van der Waals surface area contributed by atoms with Crippen LogP contribution in [0.2, 0.25) is 5.02 Å². The van der Waals surface area contributed by atoms with Gasteiger partial charge in [0.15, 0.2) is 0 Å². The van der Waals surface area contributed by atoms with Gasteiger partial charge < -0.3 is 14.5 Å². The lowest BCUT2D eigenvalue weighted by atomic mass is 10.0. The standard InChI is InChI=1S/C18H20ClF3N2O3/c1-2-5-24(9-10-3-4-10)14-8-15-11(7-13(14)19)6-12(17(25)27-23)16(26-15)18(20,21)22/h6-8,10,16H,2-5,9,23H2,1H3. The summed E-state index contributed by atoms with van der Waals surface area (Å²) < 4.78 is 45.3. The van der Waals surface area contributed by atoms with Gasteiger partial charge >= 0.3 is 12.1 Å². The lowest BCUT2D eigenvalue weighted by Gasteiger charge is -2.30. The molecule has 0 bridgehead atoms. The number of rotatable bonds is 6. The van der Waals surface area contributed by atoms with E-state index in [-0.39, 0.29) is 11.3 Å². The molecule has 1 aromatic rings. The molecule has 5 nitrogen and oxygen atoms in total. The van der Waals surface area contributed by atoms with Crippen LogP contribution in [0.5, 0.6) is 5.75 Å². The summed E-state index contributed by atoms with van der Waals surface area (Å²) in [4.78, 5) is 17.7. The number of alkyl halides is 3. The van der Waals surface area contributed by atoms with Crippen LogP contribution >= 0.6 is 11.6 Å². The van der Waals surface area contributed by atoms with E-state index in [0.717, 1.165) is 38.4 Å². The van der Waals surface area contributed by atoms with Crippen molar-refractivity contribution in [3.8, 4) is 5.75 Å². The van der Waals surface area contributed by atoms with Crippen molar-refractivity contribution in [3.05, 3.63) is 28.3 Å². The molecule has 1 aliphatic heterocycles. The highest BCUT2D eigenvalue weighted by atomic mass is 35.5. The van der Waals surface area contributed by atoms with E-state index in [9.17, 15) is 18.0 Å². The molecule has 1 aromatic carbocycles. The van der Waals surface area contributed by atoms with Gasteiger partial charge in [0, 0.05) is 24.7 Å². The minimum absolute atomic E-state index is 0.0159. The van der Waals surface area contributed by atoms with Crippen LogP contribution in [0.25, 0.3) is 6.08 Å². The topological polar surface area (TPSA) is 64.8 Å². The second-order valence-electron chi connectivity index (χ2n) is 6.78. The molecule has 1 saturated carbocycles. The summed E-state index contributed by atoms with van der Waals surface area (Å²) in [6.07, 6.45) is -3.02. The Morgan fingerprint density at radius 3 is 2.67 bits per heavy atom. The van der Waals surface area contributed by atoms with Gasteiger partial charge in [-0.1, -0.05) is 18.5 Å². The van der Waals surface area contributed by atoms with Crippen molar-refractivity contribution in [2.45, 2.75) is 38.5 Å². The third kappa shape index (κ3) is 4.32. The molecule has 148 valence electrons. The lowest BCUT2D eigenvalue weighted by Crippen LogP contribution is -2.41. The van der Waals surface area contributed by atoms with Crippen molar-refractivity contribution < 1.29 is 27.5 Å². The molecule has 0 aromatic heterocycles. The number of halogens is 4. The quantitative estimate of drug-likeness (QED) is 0.723. The minimum atomic E-state index is -4.80. The third-order valence-electron chi connectivity index (χ3n) is 4.57. The molecule has 1 unspecified atom stereocenters. The van der Waals surface area contributed by atoms with Crippen LogP contribution in [0, 0.1) is 5.92 Å². The van der Waals surface area contributed by atoms with Gasteiger partial charge in [-0.15, -0.1) is 0 Å². The summed E-state index contributed by atoms with van der Waals surface area (Å²) in [5.74, 6) is 4.06. The van der Waals surface area contributed by atoms with Crippen molar-refractivity contribution in [2.24, 2.45) is 11.8 Å². The van der Waals surface area contributed by atoms with Crippen LogP contribution in [0.4, 0.5) is 18.9 Å². The molecule has 1 heterocycles. The fraction of sp³-hybridized carbons (Fsp3) is 0.500. The Hall–Kier alpha value is -1.93. The van der Waals surface area contributed by atoms with Gasteiger partial charge in [-0.2, -0.15) is 19.1 Å². The van der Waals surface area contributed by atoms with Crippen LogP contribution < -0.4 is 15.5 Å². The minimum Gasteiger partial charge on any atom is -0.475 e. The Morgan fingerprint density at radius 2 is 2.11 bits per heavy atom. The maximum atomic E-state index is 13.4. The molecule has 1 fully saturated rings. The lowest BCUT2D eigenvalue weighted by molar-refractivity contribution is -0.188. The van der Waals surface area contributed by atoms with Gasteiger partial charge in [0.05, 0.1) is 16.3 Å². The molecule has 0 saturated heterocycles. The molecule has 3 rings (SSSR count). The van der Waals surface area contributed by atoms with Crippen molar-refractivity contribution in [1.29, 1.82) is 0 Å². The molecule has 2 N–H and O–H groups in total. The van der Waals surface area contributed by atoms with Crippen molar-refractivity contribution in [1.82, 2.24) is 0 Å². The van der Waals surface area contributed by atoms with E-state index < -0.39 is 23.8 Å². The molecule has 1 atom stereocenters. The van der Waals surface area contributed by atoms with Gasteiger partial charge in [0.1, 0.15) is 5.75 Å². The van der Waals surface area contributed by atoms with E-state index in [2.05, 4.69) is 9.74 Å². The molecule has 0 spiro atoms. The number of hydrogen-bond acceptors (Lipinski definition) is 5. The molecule has 0 amide bonds. The Balaban J connectivity index is 2.01. The summed E-state index contributed by atoms with van der Waals surface area (Å²) >= 11 is 6.39. The number of carbonyl (C=O) groups is 1. The molecule has 1 aliphatic carbocycles.